The maximum absolute atomic E-state index is 11.6. The Kier molecular flexibility index (Phi) is 2.47. The Morgan fingerprint density at radius 2 is 2.13 bits per heavy atom. The fraction of sp³-hybridized carbons (Fsp3) is 0.500. The number of fused-ring (bicyclic) bond motifs is 1. The Balaban J connectivity index is 2.62. The number of hydrogen-bond acceptors (Lipinski definition) is 3. The van der Waals surface area contributed by atoms with E-state index in [2.05, 4.69) is 18.8 Å². The van der Waals surface area contributed by atoms with Crippen molar-refractivity contribution < 1.29 is 9.90 Å². The summed E-state index contributed by atoms with van der Waals surface area (Å²) in [6.45, 7) is 4.13. The first-order valence-electron chi connectivity index (χ1n) is 5.35. The van der Waals surface area contributed by atoms with Crippen LogP contribution in [-0.4, -0.2) is 15.9 Å². The van der Waals surface area contributed by atoms with E-state index in [1.807, 2.05) is 0 Å². The molecule has 0 aliphatic heterocycles. The molecule has 0 saturated heterocycles. The van der Waals surface area contributed by atoms with E-state index in [1.165, 1.54) is 0 Å². The van der Waals surface area contributed by atoms with Crippen molar-refractivity contribution in [2.75, 3.05) is 0 Å². The molecule has 80 valence electrons. The molecule has 1 N–H and O–H groups in total. The Morgan fingerprint density at radius 3 is 2.80 bits per heavy atom. The first-order chi connectivity index (χ1) is 7.09. The monoisotopic (exact) mass is 205 g/mol. The van der Waals surface area contributed by atoms with Gasteiger partial charge in [0, 0.05) is 12.5 Å². The molecular formula is C12H15NO2. The van der Waals surface area contributed by atoms with E-state index in [0.717, 1.165) is 24.0 Å². The van der Waals surface area contributed by atoms with Gasteiger partial charge in [-0.15, -0.1) is 0 Å². The summed E-state index contributed by atoms with van der Waals surface area (Å²) in [6, 6.07) is 1.68. The molecule has 3 heteroatoms. The third kappa shape index (κ3) is 1.74. The van der Waals surface area contributed by atoms with E-state index < -0.39 is 0 Å². The van der Waals surface area contributed by atoms with Gasteiger partial charge in [-0.3, -0.25) is 4.79 Å². The number of Topliss-reactive ketones (excluding diaryl/α,β-unsaturated/α-hetero) is 1. The topological polar surface area (TPSA) is 50.2 Å². The van der Waals surface area contributed by atoms with Crippen LogP contribution in [0, 0.1) is 0 Å². The van der Waals surface area contributed by atoms with Gasteiger partial charge in [0.15, 0.2) is 5.78 Å². The molecule has 15 heavy (non-hydrogen) atoms. The van der Waals surface area contributed by atoms with Crippen LogP contribution < -0.4 is 0 Å². The zero-order valence-corrected chi connectivity index (χ0v) is 9.08. The van der Waals surface area contributed by atoms with Crippen LogP contribution in [0.5, 0.6) is 5.88 Å². The predicted octanol–water partition coefficient (Wildman–Crippen LogP) is 2.43. The molecule has 0 spiro atoms. The van der Waals surface area contributed by atoms with Gasteiger partial charge in [-0.2, -0.15) is 0 Å². The molecule has 0 bridgehead atoms. The SMILES string of the molecule is CC(C)c1cc(O)nc2c1CCCC2=O. The third-order valence-corrected chi connectivity index (χ3v) is 2.86. The van der Waals surface area contributed by atoms with E-state index in [0.29, 0.717) is 18.0 Å². The summed E-state index contributed by atoms with van der Waals surface area (Å²) >= 11 is 0. The minimum Gasteiger partial charge on any atom is -0.493 e. The quantitative estimate of drug-likeness (QED) is 0.766. The van der Waals surface area contributed by atoms with E-state index in [1.54, 1.807) is 6.07 Å². The number of pyridine rings is 1. The van der Waals surface area contributed by atoms with E-state index >= 15 is 0 Å². The van der Waals surface area contributed by atoms with Crippen LogP contribution in [0.25, 0.3) is 0 Å². The van der Waals surface area contributed by atoms with Gasteiger partial charge in [0.1, 0.15) is 5.69 Å². The van der Waals surface area contributed by atoms with Crippen molar-refractivity contribution in [3.8, 4) is 5.88 Å². The second-order valence-electron chi connectivity index (χ2n) is 4.33. The average Bonchev–Trinajstić information content (AvgIpc) is 2.18. The fourth-order valence-electron chi connectivity index (χ4n) is 2.13. The Bertz CT molecular complexity index is 410. The smallest absolute Gasteiger partial charge is 0.211 e. The summed E-state index contributed by atoms with van der Waals surface area (Å²) in [7, 11) is 0. The second-order valence-corrected chi connectivity index (χ2v) is 4.33. The Morgan fingerprint density at radius 1 is 1.40 bits per heavy atom. The molecule has 0 atom stereocenters. The zero-order chi connectivity index (χ0) is 11.0. The third-order valence-electron chi connectivity index (χ3n) is 2.86. The van der Waals surface area contributed by atoms with Crippen LogP contribution in [0.15, 0.2) is 6.07 Å². The lowest BCUT2D eigenvalue weighted by Gasteiger charge is -2.19. The van der Waals surface area contributed by atoms with Crippen molar-refractivity contribution in [2.45, 2.75) is 39.0 Å². The lowest BCUT2D eigenvalue weighted by Crippen LogP contribution is -2.15. The molecule has 0 fully saturated rings. The number of carbonyl (C=O) groups excluding carboxylic acids is 1. The summed E-state index contributed by atoms with van der Waals surface area (Å²) in [4.78, 5) is 15.6. The van der Waals surface area contributed by atoms with Crippen molar-refractivity contribution in [2.24, 2.45) is 0 Å². The van der Waals surface area contributed by atoms with Crippen molar-refractivity contribution in [3.05, 3.63) is 22.9 Å². The molecule has 0 saturated carbocycles. The van der Waals surface area contributed by atoms with Crippen LogP contribution in [0.2, 0.25) is 0 Å². The normalized spacial score (nSPS) is 15.5. The van der Waals surface area contributed by atoms with Crippen LogP contribution in [0.3, 0.4) is 0 Å². The standard InChI is InChI=1S/C12H15NO2/c1-7(2)9-6-11(15)13-12-8(9)4-3-5-10(12)14/h6-7H,3-5H2,1-2H3,(H,13,15). The summed E-state index contributed by atoms with van der Waals surface area (Å²) < 4.78 is 0. The van der Waals surface area contributed by atoms with Crippen LogP contribution in [-0.2, 0) is 6.42 Å². The van der Waals surface area contributed by atoms with E-state index in [-0.39, 0.29) is 11.7 Å². The number of ketones is 1. The molecule has 1 aliphatic carbocycles. The van der Waals surface area contributed by atoms with Crippen molar-refractivity contribution >= 4 is 5.78 Å². The summed E-state index contributed by atoms with van der Waals surface area (Å²) in [5.74, 6) is 0.348. The Hall–Kier alpha value is -1.38. The van der Waals surface area contributed by atoms with Gasteiger partial charge in [-0.1, -0.05) is 13.8 Å². The van der Waals surface area contributed by atoms with Crippen molar-refractivity contribution in [3.63, 3.8) is 0 Å². The predicted molar refractivity (Wildman–Crippen MR) is 57.3 cm³/mol. The molecule has 1 aromatic heterocycles. The Labute approximate surface area is 89.2 Å². The number of rotatable bonds is 1. The van der Waals surface area contributed by atoms with Gasteiger partial charge in [0.05, 0.1) is 0 Å². The fourth-order valence-corrected chi connectivity index (χ4v) is 2.13. The largest absolute Gasteiger partial charge is 0.493 e. The van der Waals surface area contributed by atoms with Crippen LogP contribution in [0.1, 0.15) is 54.2 Å². The van der Waals surface area contributed by atoms with E-state index in [4.69, 9.17) is 0 Å². The van der Waals surface area contributed by atoms with Crippen molar-refractivity contribution in [1.29, 1.82) is 0 Å². The highest BCUT2D eigenvalue weighted by molar-refractivity contribution is 5.97. The number of carbonyl (C=O) groups is 1. The lowest BCUT2D eigenvalue weighted by atomic mass is 9.87. The zero-order valence-electron chi connectivity index (χ0n) is 9.08. The van der Waals surface area contributed by atoms with Crippen LogP contribution >= 0.6 is 0 Å². The second kappa shape index (κ2) is 3.65. The van der Waals surface area contributed by atoms with E-state index in [9.17, 15) is 9.90 Å². The molecule has 3 nitrogen and oxygen atoms in total. The number of hydrogen-bond donors (Lipinski definition) is 1. The van der Waals surface area contributed by atoms with Gasteiger partial charge in [0.25, 0.3) is 0 Å². The first-order valence-corrected chi connectivity index (χ1v) is 5.35. The molecule has 0 aromatic carbocycles. The molecule has 2 rings (SSSR count). The highest BCUT2D eigenvalue weighted by atomic mass is 16.3. The highest BCUT2D eigenvalue weighted by Crippen LogP contribution is 2.30. The van der Waals surface area contributed by atoms with Gasteiger partial charge < -0.3 is 5.11 Å². The number of aromatic nitrogens is 1. The maximum Gasteiger partial charge on any atom is 0.211 e. The molecule has 0 amide bonds. The first kappa shape index (κ1) is 10.1. The summed E-state index contributed by atoms with van der Waals surface area (Å²) in [5.41, 5.74) is 2.59. The maximum atomic E-state index is 11.6. The number of nitrogens with zero attached hydrogens (tertiary/aromatic N) is 1. The van der Waals surface area contributed by atoms with Crippen molar-refractivity contribution in [1.82, 2.24) is 4.98 Å². The molecule has 1 aromatic rings. The van der Waals surface area contributed by atoms with Gasteiger partial charge in [0.2, 0.25) is 5.88 Å². The molecule has 0 radical (unpaired) electrons. The van der Waals surface area contributed by atoms with Gasteiger partial charge in [-0.05, 0) is 29.9 Å². The minimum atomic E-state index is -0.0345. The molecule has 0 unspecified atom stereocenters. The van der Waals surface area contributed by atoms with Crippen LogP contribution in [0.4, 0.5) is 0 Å². The minimum absolute atomic E-state index is 0.0345. The van der Waals surface area contributed by atoms with Gasteiger partial charge in [-0.25, -0.2) is 4.98 Å². The van der Waals surface area contributed by atoms with Gasteiger partial charge >= 0.3 is 0 Å². The summed E-state index contributed by atoms with van der Waals surface area (Å²) in [6.07, 6.45) is 2.36. The molecule has 1 heterocycles. The average molecular weight is 205 g/mol. The molecule has 1 aliphatic rings. The lowest BCUT2D eigenvalue weighted by molar-refractivity contribution is 0.0966. The molecular weight excluding hydrogens is 190 g/mol. The number of aromatic hydroxyl groups is 1. The summed E-state index contributed by atoms with van der Waals surface area (Å²) in [5, 5.41) is 9.47. The highest BCUT2D eigenvalue weighted by Gasteiger charge is 2.23.